The molecule has 0 saturated carbocycles. The number of amides is 1. The Hall–Kier alpha value is -1.09. The van der Waals surface area contributed by atoms with Gasteiger partial charge in [-0.1, -0.05) is 17.7 Å². The van der Waals surface area contributed by atoms with Crippen LogP contribution in [0, 0.1) is 5.82 Å². The van der Waals surface area contributed by atoms with Crippen LogP contribution in [0.4, 0.5) is 4.39 Å². The van der Waals surface area contributed by atoms with Gasteiger partial charge in [-0.05, 0) is 12.1 Å². The highest BCUT2D eigenvalue weighted by Crippen LogP contribution is 2.27. The van der Waals surface area contributed by atoms with Crippen LogP contribution >= 0.6 is 11.6 Å². The lowest BCUT2D eigenvalue weighted by Gasteiger charge is -2.27. The highest BCUT2D eigenvalue weighted by Gasteiger charge is 2.28. The van der Waals surface area contributed by atoms with Crippen molar-refractivity contribution >= 4 is 17.5 Å². The van der Waals surface area contributed by atoms with Gasteiger partial charge in [-0.2, -0.15) is 0 Å². The number of carbonyl (C=O) groups is 1. The van der Waals surface area contributed by atoms with Gasteiger partial charge in [0.2, 0.25) is 5.91 Å². The monoisotopic (exact) mass is 199 g/mol. The van der Waals surface area contributed by atoms with Crippen LogP contribution in [0.15, 0.2) is 18.2 Å². The minimum atomic E-state index is -0.363. The van der Waals surface area contributed by atoms with E-state index in [9.17, 15) is 9.18 Å². The maximum absolute atomic E-state index is 13.2. The van der Waals surface area contributed by atoms with Crippen LogP contribution in [0.2, 0.25) is 5.02 Å². The molecule has 0 aliphatic carbocycles. The fourth-order valence-corrected chi connectivity index (χ4v) is 1.49. The highest BCUT2D eigenvalue weighted by atomic mass is 35.5. The van der Waals surface area contributed by atoms with Gasteiger partial charge >= 0.3 is 0 Å². The molecule has 2 nitrogen and oxygen atoms in total. The first kappa shape index (κ1) is 8.51. The molecule has 2 rings (SSSR count). The summed E-state index contributed by atoms with van der Waals surface area (Å²) in [5, 5.41) is 2.96. The van der Waals surface area contributed by atoms with Crippen molar-refractivity contribution in [1.29, 1.82) is 0 Å². The smallest absolute Gasteiger partial charge is 0.222 e. The van der Waals surface area contributed by atoms with Gasteiger partial charge in [0.1, 0.15) is 5.82 Å². The molecule has 0 spiro atoms. The van der Waals surface area contributed by atoms with Gasteiger partial charge in [0, 0.05) is 10.6 Å². The number of halogens is 2. The Kier molecular flexibility index (Phi) is 1.96. The zero-order chi connectivity index (χ0) is 9.42. The van der Waals surface area contributed by atoms with Gasteiger partial charge in [-0.25, -0.2) is 4.39 Å². The molecule has 1 aliphatic rings. The van der Waals surface area contributed by atoms with Gasteiger partial charge in [0.05, 0.1) is 12.5 Å². The second-order valence-electron chi connectivity index (χ2n) is 2.99. The van der Waals surface area contributed by atoms with E-state index in [0.717, 1.165) is 0 Å². The fourth-order valence-electron chi connectivity index (χ4n) is 1.33. The quantitative estimate of drug-likeness (QED) is 0.689. The number of hydrogen-bond donors (Lipinski definition) is 1. The molecule has 0 aromatic heterocycles. The van der Waals surface area contributed by atoms with E-state index in [-0.39, 0.29) is 17.8 Å². The largest absolute Gasteiger partial charge is 0.349 e. The van der Waals surface area contributed by atoms with Crippen LogP contribution in [0.25, 0.3) is 0 Å². The summed E-state index contributed by atoms with van der Waals surface area (Å²) in [6.45, 7) is 0. The van der Waals surface area contributed by atoms with Crippen LogP contribution in [0.5, 0.6) is 0 Å². The molecule has 1 saturated heterocycles. The molecule has 1 atom stereocenters. The minimum Gasteiger partial charge on any atom is -0.349 e. The van der Waals surface area contributed by atoms with Crippen LogP contribution < -0.4 is 5.32 Å². The number of β-lactam (4-membered cyclic amide) rings is 1. The van der Waals surface area contributed by atoms with Gasteiger partial charge in [-0.3, -0.25) is 4.79 Å². The fraction of sp³-hybridized carbons (Fsp3) is 0.222. The molecule has 0 bridgehead atoms. The zero-order valence-corrected chi connectivity index (χ0v) is 7.44. The van der Waals surface area contributed by atoms with Crippen molar-refractivity contribution < 1.29 is 9.18 Å². The molecule has 1 aromatic carbocycles. The summed E-state index contributed by atoms with van der Waals surface area (Å²) >= 11 is 5.58. The Morgan fingerprint density at radius 3 is 2.77 bits per heavy atom. The van der Waals surface area contributed by atoms with Crippen molar-refractivity contribution in [3.8, 4) is 0 Å². The summed E-state index contributed by atoms with van der Waals surface area (Å²) in [6, 6.07) is 4.29. The van der Waals surface area contributed by atoms with Crippen LogP contribution in [-0.4, -0.2) is 5.91 Å². The van der Waals surface area contributed by atoms with E-state index in [0.29, 0.717) is 17.0 Å². The van der Waals surface area contributed by atoms with Gasteiger partial charge in [0.15, 0.2) is 0 Å². The van der Waals surface area contributed by atoms with Crippen LogP contribution in [0.1, 0.15) is 18.0 Å². The number of rotatable bonds is 1. The molecule has 1 unspecified atom stereocenters. The number of benzene rings is 1. The first-order valence-electron chi connectivity index (χ1n) is 3.91. The van der Waals surface area contributed by atoms with Gasteiger partial charge in [0.25, 0.3) is 0 Å². The third kappa shape index (κ3) is 1.52. The molecule has 13 heavy (non-hydrogen) atoms. The Morgan fingerprint density at radius 2 is 2.23 bits per heavy atom. The normalized spacial score (nSPS) is 20.8. The van der Waals surface area contributed by atoms with Crippen molar-refractivity contribution in [2.24, 2.45) is 0 Å². The molecule has 1 amide bonds. The first-order valence-corrected chi connectivity index (χ1v) is 4.29. The Balaban J connectivity index is 2.26. The average molecular weight is 200 g/mol. The summed E-state index contributed by atoms with van der Waals surface area (Å²) in [7, 11) is 0. The Bertz CT molecular complexity index is 359. The number of carbonyl (C=O) groups excluding carboxylic acids is 1. The molecular weight excluding hydrogens is 193 g/mol. The Morgan fingerprint density at radius 1 is 1.54 bits per heavy atom. The molecule has 1 fully saturated rings. The first-order chi connectivity index (χ1) is 6.16. The standard InChI is InChI=1S/C9H7ClFNO/c10-5-1-2-6(7(11)3-5)8-4-9(13)12-8/h1-3,8H,4H2,(H,12,13). The van der Waals surface area contributed by atoms with Crippen molar-refractivity contribution in [3.05, 3.63) is 34.6 Å². The second-order valence-corrected chi connectivity index (χ2v) is 3.43. The van der Waals surface area contributed by atoms with E-state index < -0.39 is 0 Å². The van der Waals surface area contributed by atoms with Crippen LogP contribution in [-0.2, 0) is 4.79 Å². The molecule has 4 heteroatoms. The summed E-state index contributed by atoms with van der Waals surface area (Å²) in [5.74, 6) is -0.406. The van der Waals surface area contributed by atoms with E-state index in [1.165, 1.54) is 6.07 Å². The maximum Gasteiger partial charge on any atom is 0.222 e. The Labute approximate surface area is 79.7 Å². The zero-order valence-electron chi connectivity index (χ0n) is 6.68. The van der Waals surface area contributed by atoms with Crippen molar-refractivity contribution in [3.63, 3.8) is 0 Å². The van der Waals surface area contributed by atoms with Crippen molar-refractivity contribution in [2.45, 2.75) is 12.5 Å². The third-order valence-electron chi connectivity index (χ3n) is 2.06. The summed E-state index contributed by atoms with van der Waals surface area (Å²) in [5.41, 5.74) is 0.504. The summed E-state index contributed by atoms with van der Waals surface area (Å²) in [4.78, 5) is 10.6. The average Bonchev–Trinajstić information content (AvgIpc) is 2.00. The topological polar surface area (TPSA) is 29.1 Å². The number of hydrogen-bond acceptors (Lipinski definition) is 1. The third-order valence-corrected chi connectivity index (χ3v) is 2.30. The lowest BCUT2D eigenvalue weighted by molar-refractivity contribution is -0.128. The molecule has 0 radical (unpaired) electrons. The van der Waals surface area contributed by atoms with E-state index in [4.69, 9.17) is 11.6 Å². The summed E-state index contributed by atoms with van der Waals surface area (Å²) < 4.78 is 13.2. The molecule has 1 aliphatic heterocycles. The summed E-state index contributed by atoms with van der Waals surface area (Å²) in [6.07, 6.45) is 0.360. The molecule has 1 heterocycles. The van der Waals surface area contributed by atoms with E-state index in [1.54, 1.807) is 12.1 Å². The molecule has 68 valence electrons. The molecular formula is C9H7ClFNO. The van der Waals surface area contributed by atoms with E-state index >= 15 is 0 Å². The predicted molar refractivity (Wildman–Crippen MR) is 46.9 cm³/mol. The maximum atomic E-state index is 13.2. The second kappa shape index (κ2) is 3.00. The minimum absolute atomic E-state index is 0.0423. The van der Waals surface area contributed by atoms with Gasteiger partial charge in [-0.15, -0.1) is 0 Å². The predicted octanol–water partition coefficient (Wildman–Crippen LogP) is 2.04. The van der Waals surface area contributed by atoms with E-state index in [1.807, 2.05) is 0 Å². The van der Waals surface area contributed by atoms with Crippen molar-refractivity contribution in [2.75, 3.05) is 0 Å². The lowest BCUT2D eigenvalue weighted by atomic mass is 9.97. The van der Waals surface area contributed by atoms with Crippen molar-refractivity contribution in [1.82, 2.24) is 5.32 Å². The lowest BCUT2D eigenvalue weighted by Crippen LogP contribution is -2.41. The van der Waals surface area contributed by atoms with Crippen LogP contribution in [0.3, 0.4) is 0 Å². The SMILES string of the molecule is O=C1CC(c2ccc(Cl)cc2F)N1. The van der Waals surface area contributed by atoms with E-state index in [2.05, 4.69) is 5.32 Å². The van der Waals surface area contributed by atoms with Gasteiger partial charge < -0.3 is 5.32 Å². The molecule has 1 N–H and O–H groups in total. The molecule has 1 aromatic rings. The number of nitrogens with one attached hydrogen (secondary N) is 1. The highest BCUT2D eigenvalue weighted by molar-refractivity contribution is 6.30.